The van der Waals surface area contributed by atoms with Crippen molar-refractivity contribution in [3.05, 3.63) is 24.2 Å². The third-order valence-electron chi connectivity index (χ3n) is 2.32. The molecule has 0 aliphatic rings. The number of rotatable bonds is 7. The lowest BCUT2D eigenvalue weighted by molar-refractivity contribution is -0.140. The Morgan fingerprint density at radius 3 is 2.82 bits per heavy atom. The average Bonchev–Trinajstić information content (AvgIpc) is 2.86. The molecule has 0 aromatic carbocycles. The Morgan fingerprint density at radius 2 is 2.18 bits per heavy atom. The van der Waals surface area contributed by atoms with E-state index in [-0.39, 0.29) is 11.9 Å². The number of unbranched alkanes of at least 4 members (excludes halogenated alkanes) is 2. The summed E-state index contributed by atoms with van der Waals surface area (Å²) in [5.41, 5.74) is 0. The summed E-state index contributed by atoms with van der Waals surface area (Å²) >= 11 is 0. The minimum atomic E-state index is -0.206. The molecule has 0 fully saturated rings. The topological polar surface area (TPSA) is 68.5 Å². The minimum Gasteiger partial charge on any atom is -0.469 e. The van der Waals surface area contributed by atoms with Crippen molar-refractivity contribution in [1.29, 1.82) is 0 Å². The Hall–Kier alpha value is -1.78. The van der Waals surface area contributed by atoms with Crippen molar-refractivity contribution in [2.45, 2.75) is 25.7 Å². The molecule has 94 valence electrons. The number of furan rings is 1. The van der Waals surface area contributed by atoms with Crippen LogP contribution in [0.15, 0.2) is 22.8 Å². The van der Waals surface area contributed by atoms with Gasteiger partial charge in [-0.15, -0.1) is 0 Å². The molecule has 0 aliphatic carbocycles. The van der Waals surface area contributed by atoms with Gasteiger partial charge in [-0.25, -0.2) is 0 Å². The molecule has 0 unspecified atom stereocenters. The summed E-state index contributed by atoms with van der Waals surface area (Å²) in [6, 6.07) is 3.29. The molecule has 1 N–H and O–H groups in total. The first-order chi connectivity index (χ1) is 8.24. The summed E-state index contributed by atoms with van der Waals surface area (Å²) in [5, 5.41) is 2.74. The van der Waals surface area contributed by atoms with E-state index < -0.39 is 0 Å². The maximum Gasteiger partial charge on any atom is 0.305 e. The van der Waals surface area contributed by atoms with Gasteiger partial charge in [0.05, 0.1) is 13.4 Å². The van der Waals surface area contributed by atoms with E-state index in [9.17, 15) is 9.59 Å². The van der Waals surface area contributed by atoms with E-state index in [4.69, 9.17) is 4.42 Å². The maximum absolute atomic E-state index is 11.4. The van der Waals surface area contributed by atoms with Gasteiger partial charge in [0.2, 0.25) is 0 Å². The summed E-state index contributed by atoms with van der Waals surface area (Å²) in [7, 11) is 1.38. The third kappa shape index (κ3) is 5.19. The lowest BCUT2D eigenvalue weighted by Crippen LogP contribution is -2.23. The van der Waals surface area contributed by atoms with Gasteiger partial charge in [-0.05, 0) is 25.0 Å². The van der Waals surface area contributed by atoms with Crippen LogP contribution in [0.2, 0.25) is 0 Å². The molecule has 0 saturated heterocycles. The van der Waals surface area contributed by atoms with Crippen molar-refractivity contribution in [2.75, 3.05) is 13.7 Å². The van der Waals surface area contributed by atoms with Gasteiger partial charge in [0.15, 0.2) is 5.76 Å². The highest BCUT2D eigenvalue weighted by Crippen LogP contribution is 2.02. The van der Waals surface area contributed by atoms with Crippen molar-refractivity contribution in [2.24, 2.45) is 0 Å². The zero-order chi connectivity index (χ0) is 12.5. The molecule has 1 amide bonds. The van der Waals surface area contributed by atoms with E-state index in [0.717, 1.165) is 19.3 Å². The predicted molar refractivity (Wildman–Crippen MR) is 61.5 cm³/mol. The Labute approximate surface area is 100 Å². The van der Waals surface area contributed by atoms with Crippen LogP contribution in [-0.4, -0.2) is 25.5 Å². The first-order valence-corrected chi connectivity index (χ1v) is 5.62. The second kappa shape index (κ2) is 7.49. The summed E-state index contributed by atoms with van der Waals surface area (Å²) in [4.78, 5) is 22.2. The van der Waals surface area contributed by atoms with Crippen molar-refractivity contribution in [3.8, 4) is 0 Å². The number of methoxy groups -OCH3 is 1. The number of hydrogen-bond acceptors (Lipinski definition) is 4. The molecule has 1 heterocycles. The van der Waals surface area contributed by atoms with Crippen LogP contribution >= 0.6 is 0 Å². The lowest BCUT2D eigenvalue weighted by Gasteiger charge is -2.02. The largest absolute Gasteiger partial charge is 0.469 e. The van der Waals surface area contributed by atoms with Gasteiger partial charge in [0.25, 0.3) is 5.91 Å². The first kappa shape index (κ1) is 13.3. The molecule has 1 aromatic heterocycles. The van der Waals surface area contributed by atoms with Crippen LogP contribution < -0.4 is 5.32 Å². The summed E-state index contributed by atoms with van der Waals surface area (Å²) in [5.74, 6) is -0.0767. The molecule has 0 saturated carbocycles. The van der Waals surface area contributed by atoms with Gasteiger partial charge in [0.1, 0.15) is 0 Å². The number of hydrogen-bond donors (Lipinski definition) is 1. The number of carbonyl (C=O) groups excluding carboxylic acids is 2. The Bertz CT molecular complexity index is 345. The third-order valence-corrected chi connectivity index (χ3v) is 2.32. The average molecular weight is 239 g/mol. The molecule has 1 aromatic rings. The quantitative estimate of drug-likeness (QED) is 0.581. The maximum atomic E-state index is 11.4. The van der Waals surface area contributed by atoms with Crippen LogP contribution in [0.3, 0.4) is 0 Å². The normalized spacial score (nSPS) is 9.94. The van der Waals surface area contributed by atoms with Crippen molar-refractivity contribution >= 4 is 11.9 Å². The molecule has 0 radical (unpaired) electrons. The highest BCUT2D eigenvalue weighted by molar-refractivity contribution is 5.91. The molecule has 5 nitrogen and oxygen atoms in total. The van der Waals surface area contributed by atoms with Gasteiger partial charge in [-0.2, -0.15) is 0 Å². The SMILES string of the molecule is COC(=O)CCCCCNC(=O)c1ccco1. The van der Waals surface area contributed by atoms with Crippen molar-refractivity contribution in [1.82, 2.24) is 5.32 Å². The second-order valence-corrected chi connectivity index (χ2v) is 3.62. The monoisotopic (exact) mass is 239 g/mol. The highest BCUT2D eigenvalue weighted by atomic mass is 16.5. The summed E-state index contributed by atoms with van der Waals surface area (Å²) in [6.07, 6.45) is 4.40. The minimum absolute atomic E-state index is 0.190. The van der Waals surface area contributed by atoms with Gasteiger partial charge < -0.3 is 14.5 Å². The van der Waals surface area contributed by atoms with E-state index in [1.807, 2.05) is 0 Å². The molecule has 5 heteroatoms. The standard InChI is InChI=1S/C12H17NO4/c1-16-11(14)7-3-2-4-8-13-12(15)10-6-5-9-17-10/h5-6,9H,2-4,7-8H2,1H3,(H,13,15). The van der Waals surface area contributed by atoms with Crippen LogP contribution in [-0.2, 0) is 9.53 Å². The van der Waals surface area contributed by atoms with Gasteiger partial charge in [0, 0.05) is 13.0 Å². The van der Waals surface area contributed by atoms with Crippen molar-refractivity contribution in [3.63, 3.8) is 0 Å². The lowest BCUT2D eigenvalue weighted by atomic mass is 10.2. The number of amides is 1. The fourth-order valence-corrected chi connectivity index (χ4v) is 1.37. The van der Waals surface area contributed by atoms with E-state index in [0.29, 0.717) is 18.7 Å². The molecule has 17 heavy (non-hydrogen) atoms. The molecular weight excluding hydrogens is 222 g/mol. The van der Waals surface area contributed by atoms with Crippen LogP contribution in [0.25, 0.3) is 0 Å². The van der Waals surface area contributed by atoms with E-state index in [1.54, 1.807) is 12.1 Å². The van der Waals surface area contributed by atoms with E-state index >= 15 is 0 Å². The van der Waals surface area contributed by atoms with Crippen LogP contribution in [0, 0.1) is 0 Å². The second-order valence-electron chi connectivity index (χ2n) is 3.62. The van der Waals surface area contributed by atoms with Crippen molar-refractivity contribution < 1.29 is 18.7 Å². The number of esters is 1. The van der Waals surface area contributed by atoms with Gasteiger partial charge >= 0.3 is 5.97 Å². The Kier molecular flexibility index (Phi) is 5.85. The van der Waals surface area contributed by atoms with Crippen LogP contribution in [0.5, 0.6) is 0 Å². The first-order valence-electron chi connectivity index (χ1n) is 5.62. The molecule has 0 bridgehead atoms. The number of nitrogens with one attached hydrogen (secondary N) is 1. The zero-order valence-electron chi connectivity index (χ0n) is 9.90. The highest BCUT2D eigenvalue weighted by Gasteiger charge is 2.06. The van der Waals surface area contributed by atoms with Crippen LogP contribution in [0.1, 0.15) is 36.2 Å². The Morgan fingerprint density at radius 1 is 1.35 bits per heavy atom. The molecule has 0 aliphatic heterocycles. The molecular formula is C12H17NO4. The predicted octanol–water partition coefficient (Wildman–Crippen LogP) is 1.74. The summed E-state index contributed by atoms with van der Waals surface area (Å²) in [6.45, 7) is 0.584. The van der Waals surface area contributed by atoms with Crippen LogP contribution in [0.4, 0.5) is 0 Å². The number of ether oxygens (including phenoxy) is 1. The molecule has 0 spiro atoms. The zero-order valence-corrected chi connectivity index (χ0v) is 9.90. The van der Waals surface area contributed by atoms with Gasteiger partial charge in [-0.3, -0.25) is 9.59 Å². The smallest absolute Gasteiger partial charge is 0.305 e. The Balaban J connectivity index is 2.01. The van der Waals surface area contributed by atoms with Gasteiger partial charge in [-0.1, -0.05) is 6.42 Å². The molecule has 0 atom stereocenters. The fourth-order valence-electron chi connectivity index (χ4n) is 1.37. The van der Waals surface area contributed by atoms with E-state index in [2.05, 4.69) is 10.1 Å². The fraction of sp³-hybridized carbons (Fsp3) is 0.500. The van der Waals surface area contributed by atoms with E-state index in [1.165, 1.54) is 13.4 Å². The summed E-state index contributed by atoms with van der Waals surface area (Å²) < 4.78 is 9.47. The number of carbonyl (C=O) groups is 2. The molecule has 1 rings (SSSR count).